The number of primary amides is 1. The van der Waals surface area contributed by atoms with Crippen LogP contribution in [0.1, 0.15) is 23.2 Å². The van der Waals surface area contributed by atoms with E-state index in [1.165, 1.54) is 11.3 Å². The van der Waals surface area contributed by atoms with Gasteiger partial charge >= 0.3 is 0 Å². The zero-order chi connectivity index (χ0) is 13.9. The number of rotatable bonds is 4. The van der Waals surface area contributed by atoms with Crippen molar-refractivity contribution in [2.24, 2.45) is 16.9 Å². The van der Waals surface area contributed by atoms with Gasteiger partial charge < -0.3 is 21.5 Å². The van der Waals surface area contributed by atoms with Crippen molar-refractivity contribution in [3.05, 3.63) is 17.0 Å². The van der Waals surface area contributed by atoms with Crippen LogP contribution < -0.4 is 16.8 Å². The molecular formula is C12H17N3O3S. The lowest BCUT2D eigenvalue weighted by atomic mass is 9.79. The van der Waals surface area contributed by atoms with E-state index in [0.29, 0.717) is 36.6 Å². The first-order chi connectivity index (χ1) is 9.09. The summed E-state index contributed by atoms with van der Waals surface area (Å²) in [4.78, 5) is 23.6. The average Bonchev–Trinajstić information content (AvgIpc) is 2.87. The Hall–Kier alpha value is -1.44. The van der Waals surface area contributed by atoms with Crippen LogP contribution in [-0.4, -0.2) is 31.6 Å². The van der Waals surface area contributed by atoms with Crippen molar-refractivity contribution in [2.75, 3.05) is 25.1 Å². The molecule has 0 radical (unpaired) electrons. The molecule has 1 saturated heterocycles. The number of hydrogen-bond acceptors (Lipinski definition) is 5. The van der Waals surface area contributed by atoms with Crippen LogP contribution in [0, 0.1) is 5.41 Å². The number of carbonyl (C=O) groups is 2. The van der Waals surface area contributed by atoms with E-state index in [1.807, 2.05) is 0 Å². The van der Waals surface area contributed by atoms with Gasteiger partial charge in [-0.2, -0.15) is 0 Å². The summed E-state index contributed by atoms with van der Waals surface area (Å²) in [5, 5.41) is 4.98. The van der Waals surface area contributed by atoms with Gasteiger partial charge in [0.1, 0.15) is 5.00 Å². The molecule has 2 rings (SSSR count). The van der Waals surface area contributed by atoms with E-state index in [2.05, 4.69) is 5.32 Å². The van der Waals surface area contributed by atoms with Gasteiger partial charge in [0.15, 0.2) is 0 Å². The Morgan fingerprint density at radius 1 is 1.42 bits per heavy atom. The number of nitrogens with two attached hydrogens (primary N) is 2. The summed E-state index contributed by atoms with van der Waals surface area (Å²) in [6.45, 7) is 1.31. The van der Waals surface area contributed by atoms with Crippen LogP contribution in [0.4, 0.5) is 5.00 Å². The van der Waals surface area contributed by atoms with E-state index in [9.17, 15) is 9.59 Å². The van der Waals surface area contributed by atoms with Crippen LogP contribution in [-0.2, 0) is 9.53 Å². The zero-order valence-corrected chi connectivity index (χ0v) is 11.3. The van der Waals surface area contributed by atoms with E-state index in [0.717, 1.165) is 0 Å². The Labute approximate surface area is 115 Å². The second-order valence-corrected chi connectivity index (χ2v) is 5.49. The van der Waals surface area contributed by atoms with E-state index >= 15 is 0 Å². The third-order valence-electron chi connectivity index (χ3n) is 3.48. The van der Waals surface area contributed by atoms with Crippen LogP contribution in [0.3, 0.4) is 0 Å². The van der Waals surface area contributed by atoms with Crippen molar-refractivity contribution in [2.45, 2.75) is 12.8 Å². The molecule has 0 atom stereocenters. The van der Waals surface area contributed by atoms with Crippen molar-refractivity contribution in [3.63, 3.8) is 0 Å². The lowest BCUT2D eigenvalue weighted by Gasteiger charge is -2.34. The Morgan fingerprint density at radius 2 is 2.11 bits per heavy atom. The summed E-state index contributed by atoms with van der Waals surface area (Å²) in [7, 11) is 0. The van der Waals surface area contributed by atoms with Gasteiger partial charge in [0.05, 0.1) is 11.0 Å². The number of thiophene rings is 1. The van der Waals surface area contributed by atoms with Gasteiger partial charge in [0.2, 0.25) is 5.91 Å². The minimum Gasteiger partial charge on any atom is -0.381 e. The van der Waals surface area contributed by atoms with Crippen LogP contribution in [0.25, 0.3) is 0 Å². The fourth-order valence-electron chi connectivity index (χ4n) is 2.12. The Bertz CT molecular complexity index is 480. The second-order valence-electron chi connectivity index (χ2n) is 4.58. The molecule has 0 bridgehead atoms. The number of carbonyl (C=O) groups excluding carboxylic acids is 2. The molecule has 1 aliphatic heterocycles. The quantitative estimate of drug-likeness (QED) is 0.749. The first-order valence-corrected chi connectivity index (χ1v) is 6.93. The lowest BCUT2D eigenvalue weighted by molar-refractivity contribution is -0.130. The summed E-state index contributed by atoms with van der Waals surface area (Å²) in [6, 6.07) is 1.60. The minimum atomic E-state index is -0.614. The topological polar surface area (TPSA) is 107 Å². The van der Waals surface area contributed by atoms with E-state index in [1.54, 1.807) is 11.4 Å². The molecule has 1 aliphatic rings. The molecule has 19 heavy (non-hydrogen) atoms. The Morgan fingerprint density at radius 3 is 2.68 bits per heavy atom. The highest BCUT2D eigenvalue weighted by atomic mass is 32.1. The van der Waals surface area contributed by atoms with Crippen LogP contribution in [0.5, 0.6) is 0 Å². The SMILES string of the molecule is NCC1(C(=O)Nc2sccc2C(N)=O)CCOCC1. The highest BCUT2D eigenvalue weighted by molar-refractivity contribution is 7.14. The Balaban J connectivity index is 2.15. The summed E-state index contributed by atoms with van der Waals surface area (Å²) in [6.07, 6.45) is 1.18. The molecule has 1 aromatic rings. The van der Waals surface area contributed by atoms with Crippen molar-refractivity contribution in [1.82, 2.24) is 0 Å². The Kier molecular flexibility index (Phi) is 4.18. The van der Waals surface area contributed by atoms with Gasteiger partial charge in [-0.3, -0.25) is 9.59 Å². The molecular weight excluding hydrogens is 266 g/mol. The molecule has 0 aliphatic carbocycles. The standard InChI is InChI=1S/C12H17N3O3S/c13-7-12(2-4-18-5-3-12)11(17)15-10-8(9(14)16)1-6-19-10/h1,6H,2-5,7,13H2,(H2,14,16)(H,15,17). The number of nitrogens with one attached hydrogen (secondary N) is 1. The lowest BCUT2D eigenvalue weighted by Crippen LogP contribution is -2.46. The molecule has 5 N–H and O–H groups in total. The van der Waals surface area contributed by atoms with Gasteiger partial charge in [-0.25, -0.2) is 0 Å². The van der Waals surface area contributed by atoms with Crippen molar-refractivity contribution < 1.29 is 14.3 Å². The number of amides is 2. The van der Waals surface area contributed by atoms with Gasteiger partial charge in [-0.15, -0.1) is 11.3 Å². The van der Waals surface area contributed by atoms with E-state index in [-0.39, 0.29) is 12.5 Å². The molecule has 1 aromatic heterocycles. The molecule has 0 unspecified atom stereocenters. The number of hydrogen-bond donors (Lipinski definition) is 3. The summed E-state index contributed by atoms with van der Waals surface area (Å²) >= 11 is 1.27. The number of ether oxygens (including phenoxy) is 1. The summed E-state index contributed by atoms with van der Waals surface area (Å²) in [5.41, 5.74) is 10.7. The molecule has 2 amide bonds. The highest BCUT2D eigenvalue weighted by Crippen LogP contribution is 2.32. The maximum Gasteiger partial charge on any atom is 0.251 e. The van der Waals surface area contributed by atoms with Crippen molar-refractivity contribution in [1.29, 1.82) is 0 Å². The smallest absolute Gasteiger partial charge is 0.251 e. The van der Waals surface area contributed by atoms with Gasteiger partial charge in [-0.05, 0) is 24.3 Å². The largest absolute Gasteiger partial charge is 0.381 e. The third kappa shape index (κ3) is 2.78. The molecule has 7 heteroatoms. The monoisotopic (exact) mass is 283 g/mol. The van der Waals surface area contributed by atoms with Crippen molar-refractivity contribution >= 4 is 28.2 Å². The summed E-state index contributed by atoms with van der Waals surface area (Å²) in [5.74, 6) is -0.714. The molecule has 6 nitrogen and oxygen atoms in total. The van der Waals surface area contributed by atoms with E-state index < -0.39 is 11.3 Å². The summed E-state index contributed by atoms with van der Waals surface area (Å²) < 4.78 is 5.27. The molecule has 0 saturated carbocycles. The fraction of sp³-hybridized carbons (Fsp3) is 0.500. The first-order valence-electron chi connectivity index (χ1n) is 6.06. The second kappa shape index (κ2) is 5.68. The van der Waals surface area contributed by atoms with Crippen LogP contribution in [0.15, 0.2) is 11.4 Å². The highest BCUT2D eigenvalue weighted by Gasteiger charge is 2.39. The normalized spacial score (nSPS) is 17.9. The van der Waals surface area contributed by atoms with Crippen LogP contribution >= 0.6 is 11.3 Å². The van der Waals surface area contributed by atoms with E-state index in [4.69, 9.17) is 16.2 Å². The molecule has 0 aromatic carbocycles. The van der Waals surface area contributed by atoms with Crippen LogP contribution in [0.2, 0.25) is 0 Å². The number of anilines is 1. The average molecular weight is 283 g/mol. The van der Waals surface area contributed by atoms with Crippen molar-refractivity contribution in [3.8, 4) is 0 Å². The maximum atomic E-state index is 12.4. The molecule has 1 fully saturated rings. The fourth-order valence-corrected chi connectivity index (χ4v) is 2.91. The molecule has 2 heterocycles. The predicted molar refractivity (Wildman–Crippen MR) is 73.0 cm³/mol. The molecule has 0 spiro atoms. The third-order valence-corrected chi connectivity index (χ3v) is 4.31. The zero-order valence-electron chi connectivity index (χ0n) is 10.5. The minimum absolute atomic E-state index is 0.164. The first kappa shape index (κ1) is 14.0. The van der Waals surface area contributed by atoms with Gasteiger partial charge in [0.25, 0.3) is 5.91 Å². The molecule has 104 valence electrons. The van der Waals surface area contributed by atoms with Gasteiger partial charge in [-0.1, -0.05) is 0 Å². The predicted octanol–water partition coefficient (Wildman–Crippen LogP) is 0.541. The maximum absolute atomic E-state index is 12.4. The van der Waals surface area contributed by atoms with Gasteiger partial charge in [0, 0.05) is 19.8 Å².